The standard InChI is InChI=1S/C15H20FN3/c1-4-19-15(7-8-18-19)13-9-12(5-6-14(13)16)10-17-11(2)3/h5-9,11,17H,4,10H2,1-3H3. The number of halogens is 1. The van der Waals surface area contributed by atoms with Gasteiger partial charge in [-0.3, -0.25) is 4.68 Å². The van der Waals surface area contributed by atoms with Gasteiger partial charge in [-0.05, 0) is 30.7 Å². The highest BCUT2D eigenvalue weighted by molar-refractivity contribution is 5.61. The molecule has 0 saturated carbocycles. The van der Waals surface area contributed by atoms with E-state index in [4.69, 9.17) is 0 Å². The Hall–Kier alpha value is -1.68. The Morgan fingerprint density at radius 1 is 1.32 bits per heavy atom. The van der Waals surface area contributed by atoms with Crippen LogP contribution in [0.1, 0.15) is 26.3 Å². The zero-order valence-electron chi connectivity index (χ0n) is 11.7. The van der Waals surface area contributed by atoms with Crippen molar-refractivity contribution >= 4 is 0 Å². The van der Waals surface area contributed by atoms with Crippen LogP contribution in [0.2, 0.25) is 0 Å². The largest absolute Gasteiger partial charge is 0.310 e. The van der Waals surface area contributed by atoms with Crippen LogP contribution in [-0.2, 0) is 13.1 Å². The smallest absolute Gasteiger partial charge is 0.132 e. The molecule has 0 amide bonds. The lowest BCUT2D eigenvalue weighted by Gasteiger charge is -2.11. The van der Waals surface area contributed by atoms with Gasteiger partial charge in [-0.1, -0.05) is 19.9 Å². The van der Waals surface area contributed by atoms with Crippen LogP contribution in [0.5, 0.6) is 0 Å². The van der Waals surface area contributed by atoms with Gasteiger partial charge in [0.2, 0.25) is 0 Å². The van der Waals surface area contributed by atoms with Crippen LogP contribution in [0.25, 0.3) is 11.3 Å². The second-order valence-electron chi connectivity index (χ2n) is 4.88. The summed E-state index contributed by atoms with van der Waals surface area (Å²) in [6.45, 7) is 7.66. The molecule has 2 rings (SSSR count). The lowest BCUT2D eigenvalue weighted by atomic mass is 10.1. The van der Waals surface area contributed by atoms with Crippen molar-refractivity contribution in [2.45, 2.75) is 39.9 Å². The lowest BCUT2D eigenvalue weighted by molar-refractivity contribution is 0.586. The maximum atomic E-state index is 14.0. The average molecular weight is 261 g/mol. The maximum absolute atomic E-state index is 14.0. The van der Waals surface area contributed by atoms with Crippen molar-refractivity contribution in [1.82, 2.24) is 15.1 Å². The molecule has 0 unspecified atom stereocenters. The number of rotatable bonds is 5. The quantitative estimate of drug-likeness (QED) is 0.895. The van der Waals surface area contributed by atoms with Crippen molar-refractivity contribution in [3.05, 3.63) is 41.8 Å². The average Bonchev–Trinajstić information content (AvgIpc) is 2.85. The van der Waals surface area contributed by atoms with Gasteiger partial charge >= 0.3 is 0 Å². The third-order valence-electron chi connectivity index (χ3n) is 3.04. The van der Waals surface area contributed by atoms with Crippen LogP contribution < -0.4 is 5.32 Å². The van der Waals surface area contributed by atoms with E-state index in [1.165, 1.54) is 6.07 Å². The van der Waals surface area contributed by atoms with E-state index in [1.54, 1.807) is 10.9 Å². The van der Waals surface area contributed by atoms with Crippen molar-refractivity contribution < 1.29 is 4.39 Å². The highest BCUT2D eigenvalue weighted by Gasteiger charge is 2.10. The first-order valence-electron chi connectivity index (χ1n) is 6.65. The zero-order chi connectivity index (χ0) is 13.8. The second-order valence-corrected chi connectivity index (χ2v) is 4.88. The van der Waals surface area contributed by atoms with E-state index in [9.17, 15) is 4.39 Å². The fourth-order valence-corrected chi connectivity index (χ4v) is 2.01. The Balaban J connectivity index is 2.32. The molecule has 0 aliphatic carbocycles. The predicted octanol–water partition coefficient (Wildman–Crippen LogP) is 3.21. The summed E-state index contributed by atoms with van der Waals surface area (Å²) in [7, 11) is 0. The molecule has 4 heteroatoms. The van der Waals surface area contributed by atoms with Crippen molar-refractivity contribution in [2.75, 3.05) is 0 Å². The van der Waals surface area contributed by atoms with E-state index in [2.05, 4.69) is 24.3 Å². The number of benzene rings is 1. The number of aromatic nitrogens is 2. The van der Waals surface area contributed by atoms with Crippen molar-refractivity contribution in [2.24, 2.45) is 0 Å². The molecule has 1 heterocycles. The number of nitrogens with one attached hydrogen (secondary N) is 1. The van der Waals surface area contributed by atoms with Gasteiger partial charge in [0, 0.05) is 30.9 Å². The molecule has 0 fully saturated rings. The molecule has 0 atom stereocenters. The maximum Gasteiger partial charge on any atom is 0.132 e. The molecule has 1 N–H and O–H groups in total. The zero-order valence-corrected chi connectivity index (χ0v) is 11.7. The van der Waals surface area contributed by atoms with Crippen molar-refractivity contribution in [3.63, 3.8) is 0 Å². The highest BCUT2D eigenvalue weighted by atomic mass is 19.1. The first-order chi connectivity index (χ1) is 9.11. The predicted molar refractivity (Wildman–Crippen MR) is 75.3 cm³/mol. The molecule has 0 saturated heterocycles. The van der Waals surface area contributed by atoms with Crippen LogP contribution in [0.15, 0.2) is 30.5 Å². The number of hydrogen-bond acceptors (Lipinski definition) is 2. The minimum atomic E-state index is -0.205. The van der Waals surface area contributed by atoms with E-state index < -0.39 is 0 Å². The summed E-state index contributed by atoms with van der Waals surface area (Å²) >= 11 is 0. The number of aryl methyl sites for hydroxylation is 1. The molecule has 1 aromatic heterocycles. The van der Waals surface area contributed by atoms with Gasteiger partial charge in [0.05, 0.1) is 5.69 Å². The summed E-state index contributed by atoms with van der Waals surface area (Å²) in [4.78, 5) is 0. The van der Waals surface area contributed by atoms with Gasteiger partial charge in [-0.25, -0.2) is 4.39 Å². The molecule has 0 spiro atoms. The Kier molecular flexibility index (Phi) is 4.32. The van der Waals surface area contributed by atoms with Gasteiger partial charge in [-0.15, -0.1) is 0 Å². The second kappa shape index (κ2) is 5.97. The Morgan fingerprint density at radius 2 is 2.11 bits per heavy atom. The Bertz CT molecular complexity index is 546. The molecule has 1 aromatic carbocycles. The molecule has 102 valence electrons. The Labute approximate surface area is 113 Å². The monoisotopic (exact) mass is 261 g/mol. The molecule has 0 bridgehead atoms. The van der Waals surface area contributed by atoms with Gasteiger partial charge in [0.1, 0.15) is 5.82 Å². The molecule has 2 aromatic rings. The van der Waals surface area contributed by atoms with Crippen LogP contribution in [0.4, 0.5) is 4.39 Å². The molecular formula is C15H20FN3. The topological polar surface area (TPSA) is 29.9 Å². The summed E-state index contributed by atoms with van der Waals surface area (Å²) in [6, 6.07) is 7.50. The van der Waals surface area contributed by atoms with Gasteiger partial charge < -0.3 is 5.32 Å². The van der Waals surface area contributed by atoms with Crippen LogP contribution in [-0.4, -0.2) is 15.8 Å². The first kappa shape index (κ1) is 13.7. The van der Waals surface area contributed by atoms with Crippen LogP contribution in [0.3, 0.4) is 0 Å². The van der Waals surface area contributed by atoms with Gasteiger partial charge in [-0.2, -0.15) is 5.10 Å². The fraction of sp³-hybridized carbons (Fsp3) is 0.400. The molecule has 3 nitrogen and oxygen atoms in total. The lowest BCUT2D eigenvalue weighted by Crippen LogP contribution is -2.21. The summed E-state index contributed by atoms with van der Waals surface area (Å²) in [5, 5.41) is 7.53. The van der Waals surface area contributed by atoms with E-state index in [1.807, 2.05) is 25.1 Å². The van der Waals surface area contributed by atoms with Crippen LogP contribution >= 0.6 is 0 Å². The summed E-state index contributed by atoms with van der Waals surface area (Å²) in [5.74, 6) is -0.205. The normalized spacial score (nSPS) is 11.2. The number of nitrogens with zero attached hydrogens (tertiary/aromatic N) is 2. The molecule has 0 aliphatic rings. The van der Waals surface area contributed by atoms with E-state index in [0.717, 1.165) is 24.3 Å². The third-order valence-corrected chi connectivity index (χ3v) is 3.04. The molecule has 0 aliphatic heterocycles. The molecule has 19 heavy (non-hydrogen) atoms. The Morgan fingerprint density at radius 3 is 2.79 bits per heavy atom. The minimum Gasteiger partial charge on any atom is -0.310 e. The van der Waals surface area contributed by atoms with E-state index in [-0.39, 0.29) is 5.82 Å². The first-order valence-corrected chi connectivity index (χ1v) is 6.65. The minimum absolute atomic E-state index is 0.205. The third kappa shape index (κ3) is 3.20. The van der Waals surface area contributed by atoms with E-state index in [0.29, 0.717) is 11.6 Å². The highest BCUT2D eigenvalue weighted by Crippen LogP contribution is 2.23. The van der Waals surface area contributed by atoms with Gasteiger partial charge in [0.15, 0.2) is 0 Å². The fourth-order valence-electron chi connectivity index (χ4n) is 2.01. The summed E-state index contributed by atoms with van der Waals surface area (Å²) in [6.07, 6.45) is 1.71. The summed E-state index contributed by atoms with van der Waals surface area (Å²) < 4.78 is 15.8. The van der Waals surface area contributed by atoms with E-state index >= 15 is 0 Å². The SMILES string of the molecule is CCn1nccc1-c1cc(CNC(C)C)ccc1F. The van der Waals surface area contributed by atoms with Gasteiger partial charge in [0.25, 0.3) is 0 Å². The summed E-state index contributed by atoms with van der Waals surface area (Å²) in [5.41, 5.74) is 2.52. The van der Waals surface area contributed by atoms with Crippen LogP contribution in [0, 0.1) is 5.82 Å². The van der Waals surface area contributed by atoms with Crippen molar-refractivity contribution in [1.29, 1.82) is 0 Å². The van der Waals surface area contributed by atoms with Crippen molar-refractivity contribution in [3.8, 4) is 11.3 Å². The molecule has 0 radical (unpaired) electrons. The molecular weight excluding hydrogens is 241 g/mol. The number of hydrogen-bond donors (Lipinski definition) is 1.